The van der Waals surface area contributed by atoms with E-state index in [1.54, 1.807) is 21.3 Å². The molecule has 2 heterocycles. The molecule has 7 heteroatoms. The minimum atomic E-state index is 0.0208. The molecule has 0 radical (unpaired) electrons. The summed E-state index contributed by atoms with van der Waals surface area (Å²) in [5, 5.41) is 3.30. The van der Waals surface area contributed by atoms with Crippen molar-refractivity contribution in [2.24, 2.45) is 0 Å². The molecule has 2 aliphatic heterocycles. The molecule has 2 fully saturated rings. The largest absolute Gasteiger partial charge is 0.493 e. The normalized spacial score (nSPS) is 20.9. The van der Waals surface area contributed by atoms with Crippen LogP contribution in [0.15, 0.2) is 12.1 Å². The molecule has 7 nitrogen and oxygen atoms in total. The maximum atomic E-state index is 12.5. The molecule has 2 saturated heterocycles. The van der Waals surface area contributed by atoms with E-state index in [2.05, 4.69) is 10.2 Å². The van der Waals surface area contributed by atoms with Crippen molar-refractivity contribution >= 4 is 5.91 Å². The minimum Gasteiger partial charge on any atom is -0.493 e. The van der Waals surface area contributed by atoms with E-state index in [4.69, 9.17) is 14.2 Å². The van der Waals surface area contributed by atoms with Crippen LogP contribution >= 0.6 is 0 Å². The number of hydrogen-bond donors (Lipinski definition) is 1. The zero-order valence-electron chi connectivity index (χ0n) is 15.9. The van der Waals surface area contributed by atoms with Gasteiger partial charge in [0.1, 0.15) is 0 Å². The Labute approximate surface area is 155 Å². The van der Waals surface area contributed by atoms with Crippen LogP contribution in [0.4, 0.5) is 0 Å². The number of benzene rings is 1. The Morgan fingerprint density at radius 3 is 2.38 bits per heavy atom. The zero-order valence-corrected chi connectivity index (χ0v) is 15.9. The Kier molecular flexibility index (Phi) is 6.21. The third-order valence-corrected chi connectivity index (χ3v) is 5.22. The van der Waals surface area contributed by atoms with E-state index in [1.165, 1.54) is 0 Å². The molecule has 1 unspecified atom stereocenters. The van der Waals surface area contributed by atoms with Crippen molar-refractivity contribution in [3.8, 4) is 17.2 Å². The van der Waals surface area contributed by atoms with E-state index in [1.807, 2.05) is 17.0 Å². The summed E-state index contributed by atoms with van der Waals surface area (Å²) < 4.78 is 16.4. The quantitative estimate of drug-likeness (QED) is 0.817. The van der Waals surface area contributed by atoms with Crippen LogP contribution in [0.2, 0.25) is 0 Å². The van der Waals surface area contributed by atoms with E-state index in [0.717, 1.165) is 57.7 Å². The first-order chi connectivity index (χ1) is 12.7. The van der Waals surface area contributed by atoms with Crippen LogP contribution in [0.1, 0.15) is 18.4 Å². The lowest BCUT2D eigenvalue weighted by Crippen LogP contribution is -2.52. The van der Waals surface area contributed by atoms with Gasteiger partial charge in [0.05, 0.1) is 27.4 Å². The Morgan fingerprint density at radius 2 is 1.81 bits per heavy atom. The third-order valence-electron chi connectivity index (χ3n) is 5.22. The lowest BCUT2D eigenvalue weighted by Gasteiger charge is -2.36. The van der Waals surface area contributed by atoms with Gasteiger partial charge in [0.2, 0.25) is 11.7 Å². The molecule has 1 amide bonds. The molecule has 1 N–H and O–H groups in total. The van der Waals surface area contributed by atoms with Crippen molar-refractivity contribution in [2.45, 2.75) is 25.4 Å². The topological polar surface area (TPSA) is 63.3 Å². The fraction of sp³-hybridized carbons (Fsp3) is 0.632. The summed E-state index contributed by atoms with van der Waals surface area (Å²) in [6.07, 6.45) is 2.05. The fourth-order valence-electron chi connectivity index (χ4n) is 3.77. The molecule has 0 aromatic heterocycles. The van der Waals surface area contributed by atoms with Gasteiger partial charge in [-0.15, -0.1) is 0 Å². The Bertz CT molecular complexity index is 623. The number of ether oxygens (including phenoxy) is 3. The summed E-state index contributed by atoms with van der Waals surface area (Å²) in [5.74, 6) is 2.24. The van der Waals surface area contributed by atoms with Crippen molar-refractivity contribution in [3.63, 3.8) is 0 Å². The van der Waals surface area contributed by atoms with Gasteiger partial charge >= 0.3 is 0 Å². The molecule has 2 aliphatic rings. The molecule has 1 aromatic carbocycles. The van der Waals surface area contributed by atoms with Gasteiger partial charge in [-0.3, -0.25) is 9.69 Å². The molecule has 144 valence electrons. The summed E-state index contributed by atoms with van der Waals surface area (Å²) in [4.78, 5) is 16.8. The van der Waals surface area contributed by atoms with Crippen LogP contribution in [-0.4, -0.2) is 75.8 Å². The van der Waals surface area contributed by atoms with Crippen molar-refractivity contribution in [1.29, 1.82) is 0 Å². The zero-order chi connectivity index (χ0) is 18.5. The maximum absolute atomic E-state index is 12.5. The summed E-state index contributed by atoms with van der Waals surface area (Å²) in [5.41, 5.74) is 1.06. The lowest BCUT2D eigenvalue weighted by atomic mass is 10.1. The van der Waals surface area contributed by atoms with Crippen molar-refractivity contribution in [1.82, 2.24) is 15.1 Å². The molecule has 3 rings (SSSR count). The van der Waals surface area contributed by atoms with Gasteiger partial charge in [-0.1, -0.05) is 6.07 Å². The highest BCUT2D eigenvalue weighted by Gasteiger charge is 2.29. The first kappa shape index (κ1) is 18.8. The van der Waals surface area contributed by atoms with Crippen molar-refractivity contribution in [2.75, 3.05) is 54.1 Å². The van der Waals surface area contributed by atoms with Crippen LogP contribution in [-0.2, 0) is 11.3 Å². The third kappa shape index (κ3) is 3.88. The SMILES string of the molecule is COc1ccc(CN2CCN(C(=O)C3CCCN3)CC2)c(OC)c1OC. The predicted octanol–water partition coefficient (Wildman–Crippen LogP) is 1.11. The molecule has 0 saturated carbocycles. The molecule has 0 aliphatic carbocycles. The number of rotatable bonds is 6. The van der Waals surface area contributed by atoms with Crippen LogP contribution in [0.3, 0.4) is 0 Å². The smallest absolute Gasteiger partial charge is 0.239 e. The standard InChI is InChI=1S/C19H29N3O4/c1-24-16-7-6-14(17(25-2)18(16)26-3)13-21-9-11-22(12-10-21)19(23)15-5-4-8-20-15/h6-7,15,20H,4-5,8-13H2,1-3H3. The van der Waals surface area contributed by atoms with Crippen LogP contribution in [0.25, 0.3) is 0 Å². The summed E-state index contributed by atoms with van der Waals surface area (Å²) in [6, 6.07) is 3.94. The highest BCUT2D eigenvalue weighted by atomic mass is 16.5. The average Bonchev–Trinajstić information content (AvgIpc) is 3.22. The van der Waals surface area contributed by atoms with Crippen LogP contribution in [0.5, 0.6) is 17.2 Å². The van der Waals surface area contributed by atoms with Crippen LogP contribution < -0.4 is 19.5 Å². The number of piperazine rings is 1. The van der Waals surface area contributed by atoms with Gasteiger partial charge in [0.15, 0.2) is 11.5 Å². The number of carbonyl (C=O) groups is 1. The molecule has 26 heavy (non-hydrogen) atoms. The molecule has 1 atom stereocenters. The lowest BCUT2D eigenvalue weighted by molar-refractivity contribution is -0.134. The average molecular weight is 363 g/mol. The van der Waals surface area contributed by atoms with Gasteiger partial charge in [0.25, 0.3) is 0 Å². The molecule has 0 spiro atoms. The van der Waals surface area contributed by atoms with Gasteiger partial charge < -0.3 is 24.4 Å². The molecular weight excluding hydrogens is 334 g/mol. The van der Waals surface area contributed by atoms with Crippen molar-refractivity contribution < 1.29 is 19.0 Å². The number of nitrogens with zero attached hydrogens (tertiary/aromatic N) is 2. The Hall–Kier alpha value is -1.99. The Balaban J connectivity index is 1.61. The van der Waals surface area contributed by atoms with Crippen LogP contribution in [0, 0.1) is 0 Å². The van der Waals surface area contributed by atoms with E-state index in [9.17, 15) is 4.79 Å². The predicted molar refractivity (Wildman–Crippen MR) is 99.0 cm³/mol. The maximum Gasteiger partial charge on any atom is 0.239 e. The van der Waals surface area contributed by atoms with E-state index < -0.39 is 0 Å². The number of hydrogen-bond acceptors (Lipinski definition) is 6. The second kappa shape index (κ2) is 8.60. The molecular formula is C19H29N3O4. The minimum absolute atomic E-state index is 0.0208. The van der Waals surface area contributed by atoms with Crippen molar-refractivity contribution in [3.05, 3.63) is 17.7 Å². The number of methoxy groups -OCH3 is 3. The van der Waals surface area contributed by atoms with E-state index >= 15 is 0 Å². The summed E-state index contributed by atoms with van der Waals surface area (Å²) in [7, 11) is 4.88. The monoisotopic (exact) mass is 363 g/mol. The number of carbonyl (C=O) groups excluding carboxylic acids is 1. The molecule has 0 bridgehead atoms. The van der Waals surface area contributed by atoms with E-state index in [-0.39, 0.29) is 11.9 Å². The second-order valence-electron chi connectivity index (χ2n) is 6.74. The highest BCUT2D eigenvalue weighted by Crippen LogP contribution is 2.40. The van der Waals surface area contributed by atoms with Gasteiger partial charge in [-0.05, 0) is 25.5 Å². The number of nitrogens with one attached hydrogen (secondary N) is 1. The summed E-state index contributed by atoms with van der Waals surface area (Å²) >= 11 is 0. The van der Waals surface area contributed by atoms with Gasteiger partial charge in [-0.2, -0.15) is 0 Å². The first-order valence-electron chi connectivity index (χ1n) is 9.20. The fourth-order valence-corrected chi connectivity index (χ4v) is 3.77. The summed E-state index contributed by atoms with van der Waals surface area (Å²) in [6.45, 7) is 4.97. The van der Waals surface area contributed by atoms with E-state index in [0.29, 0.717) is 17.2 Å². The van der Waals surface area contributed by atoms with Gasteiger partial charge in [-0.25, -0.2) is 0 Å². The Morgan fingerprint density at radius 1 is 1.08 bits per heavy atom. The van der Waals surface area contributed by atoms with Gasteiger partial charge in [0, 0.05) is 38.3 Å². The first-order valence-corrected chi connectivity index (χ1v) is 9.20. The highest BCUT2D eigenvalue weighted by molar-refractivity contribution is 5.82. The number of amides is 1. The second-order valence-corrected chi connectivity index (χ2v) is 6.74. The molecule has 1 aromatic rings.